The number of aromatic nitrogens is 2. The quantitative estimate of drug-likeness (QED) is 0.730. The Labute approximate surface area is 145 Å². The molecule has 1 aliphatic rings. The molecule has 1 saturated heterocycles. The van der Waals surface area contributed by atoms with E-state index in [1.54, 1.807) is 12.1 Å². The van der Waals surface area contributed by atoms with Crippen LogP contribution >= 0.6 is 0 Å². The molecule has 0 saturated carbocycles. The molecule has 0 unspecified atom stereocenters. The van der Waals surface area contributed by atoms with Crippen LogP contribution in [-0.2, 0) is 6.54 Å². The number of nitrogens with zero attached hydrogens (tertiary/aromatic N) is 3. The van der Waals surface area contributed by atoms with Crippen LogP contribution in [-0.4, -0.2) is 33.4 Å². The van der Waals surface area contributed by atoms with Gasteiger partial charge in [0.15, 0.2) is 0 Å². The number of amides is 1. The molecule has 1 fully saturated rings. The van der Waals surface area contributed by atoms with Crippen LogP contribution in [0.4, 0.5) is 4.39 Å². The van der Waals surface area contributed by atoms with E-state index in [0.717, 1.165) is 43.5 Å². The maximum Gasteiger partial charge on any atom is 0.253 e. The van der Waals surface area contributed by atoms with Crippen LogP contribution in [0.1, 0.15) is 23.2 Å². The Morgan fingerprint density at radius 1 is 1.08 bits per heavy atom. The maximum absolute atomic E-state index is 13.0. The van der Waals surface area contributed by atoms with Gasteiger partial charge in [-0.1, -0.05) is 12.1 Å². The largest absolute Gasteiger partial charge is 0.339 e. The number of piperidine rings is 1. The molecule has 1 aromatic heterocycles. The molecule has 0 radical (unpaired) electrons. The lowest BCUT2D eigenvalue weighted by Gasteiger charge is -2.32. The number of hydrogen-bond donors (Lipinski definition) is 0. The predicted molar refractivity (Wildman–Crippen MR) is 94.8 cm³/mol. The summed E-state index contributed by atoms with van der Waals surface area (Å²) >= 11 is 0. The van der Waals surface area contributed by atoms with Crippen LogP contribution in [0.3, 0.4) is 0 Å². The number of likely N-dealkylation sites (tertiary alicyclic amines) is 1. The maximum atomic E-state index is 13.0. The fourth-order valence-electron chi connectivity index (χ4n) is 3.53. The first-order valence-electron chi connectivity index (χ1n) is 8.65. The standard InChI is InChI=1S/C20H20FN3O/c21-17-7-5-16(6-8-17)20(25)23-11-9-15(10-12-23)13-24-14-22-18-3-1-2-4-19(18)24/h1-8,14-15H,9-13H2. The lowest BCUT2D eigenvalue weighted by molar-refractivity contribution is 0.0683. The van der Waals surface area contributed by atoms with Gasteiger partial charge in [-0.2, -0.15) is 0 Å². The summed E-state index contributed by atoms with van der Waals surface area (Å²) in [6, 6.07) is 13.9. The first-order valence-corrected chi connectivity index (χ1v) is 8.65. The highest BCUT2D eigenvalue weighted by Crippen LogP contribution is 2.23. The summed E-state index contributed by atoms with van der Waals surface area (Å²) in [7, 11) is 0. The van der Waals surface area contributed by atoms with Crippen molar-refractivity contribution in [1.82, 2.24) is 14.5 Å². The van der Waals surface area contributed by atoms with Crippen molar-refractivity contribution in [2.24, 2.45) is 5.92 Å². The fraction of sp³-hybridized carbons (Fsp3) is 0.300. The monoisotopic (exact) mass is 337 g/mol. The Morgan fingerprint density at radius 2 is 1.80 bits per heavy atom. The second-order valence-corrected chi connectivity index (χ2v) is 6.63. The first kappa shape index (κ1) is 15.8. The highest BCUT2D eigenvalue weighted by molar-refractivity contribution is 5.94. The molecule has 0 atom stereocenters. The van der Waals surface area contributed by atoms with Crippen LogP contribution in [0.5, 0.6) is 0 Å². The zero-order valence-corrected chi connectivity index (χ0v) is 13.9. The highest BCUT2D eigenvalue weighted by Gasteiger charge is 2.24. The molecule has 0 bridgehead atoms. The second kappa shape index (κ2) is 6.67. The van der Waals surface area contributed by atoms with Gasteiger partial charge in [0.05, 0.1) is 17.4 Å². The summed E-state index contributed by atoms with van der Waals surface area (Å²) < 4.78 is 15.2. The Morgan fingerprint density at radius 3 is 2.56 bits per heavy atom. The van der Waals surface area contributed by atoms with Crippen LogP contribution in [0.2, 0.25) is 0 Å². The van der Waals surface area contributed by atoms with E-state index in [1.165, 1.54) is 12.1 Å². The van der Waals surface area contributed by atoms with E-state index in [1.807, 2.05) is 29.4 Å². The minimum absolute atomic E-state index is 0.00784. The van der Waals surface area contributed by atoms with Crippen LogP contribution < -0.4 is 0 Å². The number of carbonyl (C=O) groups excluding carboxylic acids is 1. The Hall–Kier alpha value is -2.69. The molecular formula is C20H20FN3O. The van der Waals surface area contributed by atoms with Gasteiger partial charge < -0.3 is 9.47 Å². The van der Waals surface area contributed by atoms with E-state index >= 15 is 0 Å². The lowest BCUT2D eigenvalue weighted by Crippen LogP contribution is -2.39. The van der Waals surface area contributed by atoms with E-state index in [-0.39, 0.29) is 11.7 Å². The molecule has 1 aliphatic heterocycles. The predicted octanol–water partition coefficient (Wildman–Crippen LogP) is 3.73. The molecule has 0 spiro atoms. The molecule has 5 heteroatoms. The van der Waals surface area contributed by atoms with Gasteiger partial charge in [0, 0.05) is 25.2 Å². The number of imidazole rings is 1. The normalized spacial score (nSPS) is 15.6. The van der Waals surface area contributed by atoms with Crippen molar-refractivity contribution < 1.29 is 9.18 Å². The van der Waals surface area contributed by atoms with E-state index in [2.05, 4.69) is 15.6 Å². The van der Waals surface area contributed by atoms with E-state index in [4.69, 9.17) is 0 Å². The Bertz CT molecular complexity index is 879. The summed E-state index contributed by atoms with van der Waals surface area (Å²) in [5.74, 6) is 0.212. The van der Waals surface area contributed by atoms with E-state index in [9.17, 15) is 9.18 Å². The minimum Gasteiger partial charge on any atom is -0.339 e. The lowest BCUT2D eigenvalue weighted by atomic mass is 9.96. The van der Waals surface area contributed by atoms with Gasteiger partial charge in [0.25, 0.3) is 5.91 Å². The minimum atomic E-state index is -0.317. The summed E-state index contributed by atoms with van der Waals surface area (Å²) in [6.07, 6.45) is 3.85. The topological polar surface area (TPSA) is 38.1 Å². The molecule has 1 amide bonds. The zero-order valence-electron chi connectivity index (χ0n) is 13.9. The van der Waals surface area contributed by atoms with Crippen molar-refractivity contribution in [1.29, 1.82) is 0 Å². The van der Waals surface area contributed by atoms with E-state index < -0.39 is 0 Å². The molecule has 128 valence electrons. The van der Waals surface area contributed by atoms with Crippen molar-refractivity contribution >= 4 is 16.9 Å². The summed E-state index contributed by atoms with van der Waals surface area (Å²) in [5, 5.41) is 0. The third kappa shape index (κ3) is 3.27. The van der Waals surface area contributed by atoms with Crippen molar-refractivity contribution in [2.45, 2.75) is 19.4 Å². The number of carbonyl (C=O) groups is 1. The molecule has 25 heavy (non-hydrogen) atoms. The van der Waals surface area contributed by atoms with Gasteiger partial charge in [-0.3, -0.25) is 4.79 Å². The number of rotatable bonds is 3. The molecule has 3 aromatic rings. The zero-order chi connectivity index (χ0) is 17.2. The Balaban J connectivity index is 1.38. The van der Waals surface area contributed by atoms with Crippen molar-refractivity contribution in [3.63, 3.8) is 0 Å². The van der Waals surface area contributed by atoms with Crippen molar-refractivity contribution in [3.8, 4) is 0 Å². The SMILES string of the molecule is O=C(c1ccc(F)cc1)N1CCC(Cn2cnc3ccccc32)CC1. The average Bonchev–Trinajstić information content (AvgIpc) is 3.06. The molecule has 0 aliphatic carbocycles. The number of para-hydroxylation sites is 2. The second-order valence-electron chi connectivity index (χ2n) is 6.63. The molecule has 4 rings (SSSR count). The van der Waals surface area contributed by atoms with Crippen molar-refractivity contribution in [3.05, 3.63) is 66.2 Å². The van der Waals surface area contributed by atoms with Crippen LogP contribution in [0.15, 0.2) is 54.9 Å². The molecule has 0 N–H and O–H groups in total. The van der Waals surface area contributed by atoms with Crippen LogP contribution in [0, 0.1) is 11.7 Å². The van der Waals surface area contributed by atoms with Crippen LogP contribution in [0.25, 0.3) is 11.0 Å². The summed E-state index contributed by atoms with van der Waals surface area (Å²) in [4.78, 5) is 18.8. The average molecular weight is 337 g/mol. The van der Waals surface area contributed by atoms with Gasteiger partial charge >= 0.3 is 0 Å². The van der Waals surface area contributed by atoms with Gasteiger partial charge in [-0.25, -0.2) is 9.37 Å². The summed E-state index contributed by atoms with van der Waals surface area (Å²) in [5.41, 5.74) is 2.74. The Kier molecular flexibility index (Phi) is 4.22. The molecule has 4 nitrogen and oxygen atoms in total. The smallest absolute Gasteiger partial charge is 0.253 e. The van der Waals surface area contributed by atoms with Gasteiger partial charge in [-0.05, 0) is 55.2 Å². The highest BCUT2D eigenvalue weighted by atomic mass is 19.1. The summed E-state index contributed by atoms with van der Waals surface area (Å²) in [6.45, 7) is 2.42. The third-order valence-corrected chi connectivity index (χ3v) is 4.98. The number of fused-ring (bicyclic) bond motifs is 1. The number of halogens is 1. The van der Waals surface area contributed by atoms with Gasteiger partial charge in [0.1, 0.15) is 5.82 Å². The van der Waals surface area contributed by atoms with Gasteiger partial charge in [0.2, 0.25) is 0 Å². The molecule has 2 aromatic carbocycles. The number of hydrogen-bond acceptors (Lipinski definition) is 2. The van der Waals surface area contributed by atoms with Gasteiger partial charge in [-0.15, -0.1) is 0 Å². The van der Waals surface area contributed by atoms with Crippen molar-refractivity contribution in [2.75, 3.05) is 13.1 Å². The number of benzene rings is 2. The molecule has 2 heterocycles. The van der Waals surface area contributed by atoms with E-state index in [0.29, 0.717) is 11.5 Å². The fourth-order valence-corrected chi connectivity index (χ4v) is 3.53. The third-order valence-electron chi connectivity index (χ3n) is 4.98. The first-order chi connectivity index (χ1) is 12.2. The molecular weight excluding hydrogens is 317 g/mol.